The fraction of sp³-hybridized carbons (Fsp3) is 0.481. The van der Waals surface area contributed by atoms with Crippen LogP contribution >= 0.6 is 0 Å². The predicted molar refractivity (Wildman–Crippen MR) is 137 cm³/mol. The summed E-state index contributed by atoms with van der Waals surface area (Å²) < 4.78 is 27.4. The van der Waals surface area contributed by atoms with Crippen molar-refractivity contribution in [3.8, 4) is 0 Å². The van der Waals surface area contributed by atoms with E-state index in [-0.39, 0.29) is 11.7 Å². The summed E-state index contributed by atoms with van der Waals surface area (Å²) in [5.74, 6) is -2.14. The van der Waals surface area contributed by atoms with Gasteiger partial charge in [-0.3, -0.25) is 4.79 Å². The summed E-state index contributed by atoms with van der Waals surface area (Å²) in [5.41, 5.74) is 0.799. The number of hydrogen-bond donors (Lipinski definition) is 4. The molecule has 2 amide bonds. The van der Waals surface area contributed by atoms with E-state index in [9.17, 15) is 23.5 Å². The number of nitrogens with zero attached hydrogens (tertiary/aromatic N) is 1. The second-order valence-electron chi connectivity index (χ2n) is 10.2. The quantitative estimate of drug-likeness (QED) is 0.393. The molecule has 36 heavy (non-hydrogen) atoms. The van der Waals surface area contributed by atoms with Gasteiger partial charge in [0.25, 0.3) is 0 Å². The number of benzene rings is 2. The van der Waals surface area contributed by atoms with Crippen LogP contribution < -0.4 is 20.9 Å². The predicted octanol–water partition coefficient (Wildman–Crippen LogP) is 5.33. The van der Waals surface area contributed by atoms with Gasteiger partial charge in [-0.05, 0) is 74.5 Å². The fourth-order valence-corrected chi connectivity index (χ4v) is 5.16. The third kappa shape index (κ3) is 5.46. The third-order valence-electron chi connectivity index (χ3n) is 7.21. The van der Waals surface area contributed by atoms with Crippen molar-refractivity contribution < 1.29 is 23.5 Å². The first-order valence-corrected chi connectivity index (χ1v) is 12.6. The minimum absolute atomic E-state index is 0.148. The zero-order chi connectivity index (χ0) is 25.9. The number of halogens is 2. The molecule has 0 radical (unpaired) electrons. The van der Waals surface area contributed by atoms with Crippen LogP contribution in [0.2, 0.25) is 0 Å². The van der Waals surface area contributed by atoms with Gasteiger partial charge in [0, 0.05) is 18.7 Å². The van der Waals surface area contributed by atoms with Gasteiger partial charge in [0.1, 0.15) is 11.6 Å². The zero-order valence-electron chi connectivity index (χ0n) is 20.7. The monoisotopic (exact) mass is 500 g/mol. The van der Waals surface area contributed by atoms with Gasteiger partial charge < -0.3 is 26.0 Å². The number of rotatable bonds is 8. The topological polar surface area (TPSA) is 93.7 Å². The SMILES string of the molecule is CC(C)CN(c1ccc(C2(C(=O)O)CCC2)cc1NC(=O)Nc1ccc(F)cc1F)C1CCNCC1. The van der Waals surface area contributed by atoms with Crippen LogP contribution in [0.25, 0.3) is 0 Å². The van der Waals surface area contributed by atoms with E-state index in [1.807, 2.05) is 12.1 Å². The number of urea groups is 1. The van der Waals surface area contributed by atoms with Crippen molar-refractivity contribution in [2.75, 3.05) is 35.2 Å². The molecule has 4 N–H and O–H groups in total. The summed E-state index contributed by atoms with van der Waals surface area (Å²) >= 11 is 0. The Balaban J connectivity index is 1.70. The highest BCUT2D eigenvalue weighted by Crippen LogP contribution is 2.46. The maximum Gasteiger partial charge on any atom is 0.323 e. The Morgan fingerprint density at radius 1 is 1.08 bits per heavy atom. The van der Waals surface area contributed by atoms with Gasteiger partial charge in [0.05, 0.1) is 22.5 Å². The van der Waals surface area contributed by atoms with E-state index >= 15 is 0 Å². The molecule has 2 aliphatic rings. The molecular weight excluding hydrogens is 466 g/mol. The highest BCUT2D eigenvalue weighted by atomic mass is 19.1. The Morgan fingerprint density at radius 3 is 2.36 bits per heavy atom. The standard InChI is InChI=1S/C27H34F2N4O3/c1-17(2)16-33(20-8-12-30-13-9-20)24-7-4-18(27(25(34)35)10-3-11-27)14-23(24)32-26(36)31-22-6-5-19(28)15-21(22)29/h4-7,14-15,17,20,30H,3,8-13,16H2,1-2H3,(H,34,35)(H2,31,32,36). The number of piperidine rings is 1. The van der Waals surface area contributed by atoms with Crippen molar-refractivity contribution in [3.05, 3.63) is 53.6 Å². The van der Waals surface area contributed by atoms with Crippen LogP contribution in [0.15, 0.2) is 36.4 Å². The average Bonchev–Trinajstić information content (AvgIpc) is 2.79. The first kappa shape index (κ1) is 25.9. The number of carboxylic acids is 1. The molecule has 1 aliphatic carbocycles. The van der Waals surface area contributed by atoms with Crippen LogP contribution in [0.4, 0.5) is 30.6 Å². The molecule has 1 aliphatic heterocycles. The Labute approximate surface area is 210 Å². The van der Waals surface area contributed by atoms with Crippen LogP contribution in [-0.4, -0.2) is 42.8 Å². The van der Waals surface area contributed by atoms with Crippen molar-refractivity contribution in [1.29, 1.82) is 0 Å². The summed E-state index contributed by atoms with van der Waals surface area (Å²) in [6, 6.07) is 8.01. The fourth-order valence-electron chi connectivity index (χ4n) is 5.16. The molecule has 1 saturated heterocycles. The molecule has 4 rings (SSSR count). The van der Waals surface area contributed by atoms with E-state index in [1.165, 1.54) is 0 Å². The number of amides is 2. The Morgan fingerprint density at radius 2 is 1.78 bits per heavy atom. The van der Waals surface area contributed by atoms with Gasteiger partial charge >= 0.3 is 12.0 Å². The van der Waals surface area contributed by atoms with Gasteiger partial charge in [-0.15, -0.1) is 0 Å². The van der Waals surface area contributed by atoms with Crippen LogP contribution in [0, 0.1) is 17.6 Å². The lowest BCUT2D eigenvalue weighted by molar-refractivity contribution is -0.147. The second kappa shape index (κ2) is 10.8. The Hall–Kier alpha value is -3.20. The molecule has 2 aromatic carbocycles. The van der Waals surface area contributed by atoms with E-state index in [4.69, 9.17) is 0 Å². The van der Waals surface area contributed by atoms with Crippen molar-refractivity contribution >= 4 is 29.1 Å². The zero-order valence-corrected chi connectivity index (χ0v) is 20.7. The lowest BCUT2D eigenvalue weighted by atomic mass is 9.64. The molecule has 0 bridgehead atoms. The van der Waals surface area contributed by atoms with Crippen molar-refractivity contribution in [1.82, 2.24) is 5.32 Å². The largest absolute Gasteiger partial charge is 0.481 e. The molecule has 0 aromatic heterocycles. The van der Waals surface area contributed by atoms with Crippen LogP contribution in [0.5, 0.6) is 0 Å². The number of nitrogens with one attached hydrogen (secondary N) is 3. The Bertz CT molecular complexity index is 1110. The summed E-state index contributed by atoms with van der Waals surface area (Å²) in [6.45, 7) is 6.82. The molecule has 1 heterocycles. The van der Waals surface area contributed by atoms with Gasteiger partial charge in [0.15, 0.2) is 0 Å². The molecule has 0 spiro atoms. The molecule has 1 saturated carbocycles. The normalized spacial score (nSPS) is 17.4. The summed E-state index contributed by atoms with van der Waals surface area (Å²) in [6.07, 6.45) is 3.80. The summed E-state index contributed by atoms with van der Waals surface area (Å²) in [5, 5.41) is 18.6. The summed E-state index contributed by atoms with van der Waals surface area (Å²) in [7, 11) is 0. The van der Waals surface area contributed by atoms with E-state index in [0.29, 0.717) is 36.1 Å². The van der Waals surface area contributed by atoms with Gasteiger partial charge in [-0.1, -0.05) is 26.3 Å². The number of carbonyl (C=O) groups is 2. The number of carboxylic acid groups (broad SMARTS) is 1. The van der Waals surface area contributed by atoms with E-state index in [1.54, 1.807) is 6.07 Å². The lowest BCUT2D eigenvalue weighted by Crippen LogP contribution is -2.45. The summed E-state index contributed by atoms with van der Waals surface area (Å²) in [4.78, 5) is 27.4. The second-order valence-corrected chi connectivity index (χ2v) is 10.2. The van der Waals surface area contributed by atoms with E-state index in [0.717, 1.165) is 56.7 Å². The minimum Gasteiger partial charge on any atom is -0.481 e. The van der Waals surface area contributed by atoms with E-state index in [2.05, 4.69) is 34.7 Å². The maximum absolute atomic E-state index is 14.1. The maximum atomic E-state index is 14.1. The van der Waals surface area contributed by atoms with Crippen molar-refractivity contribution in [2.45, 2.75) is 57.4 Å². The minimum atomic E-state index is -0.966. The number of carbonyl (C=O) groups excluding carboxylic acids is 1. The van der Waals surface area contributed by atoms with Gasteiger partial charge in [-0.25, -0.2) is 13.6 Å². The van der Waals surface area contributed by atoms with Gasteiger partial charge in [0.2, 0.25) is 0 Å². The number of hydrogen-bond acceptors (Lipinski definition) is 4. The van der Waals surface area contributed by atoms with E-state index < -0.39 is 29.0 Å². The van der Waals surface area contributed by atoms with Crippen molar-refractivity contribution in [2.24, 2.45) is 5.92 Å². The highest BCUT2D eigenvalue weighted by molar-refractivity contribution is 6.02. The molecular formula is C27H34F2N4O3. The van der Waals surface area contributed by atoms with Crippen LogP contribution in [0.1, 0.15) is 51.5 Å². The van der Waals surface area contributed by atoms with Gasteiger partial charge in [-0.2, -0.15) is 0 Å². The molecule has 2 aromatic rings. The first-order valence-electron chi connectivity index (χ1n) is 12.6. The smallest absolute Gasteiger partial charge is 0.323 e. The van der Waals surface area contributed by atoms with Crippen LogP contribution in [0.3, 0.4) is 0 Å². The molecule has 194 valence electrons. The molecule has 0 atom stereocenters. The lowest BCUT2D eigenvalue weighted by Gasteiger charge is -2.41. The molecule has 0 unspecified atom stereocenters. The molecule has 9 heteroatoms. The van der Waals surface area contributed by atoms with Crippen molar-refractivity contribution in [3.63, 3.8) is 0 Å². The van der Waals surface area contributed by atoms with Crippen LogP contribution in [-0.2, 0) is 10.2 Å². The average molecular weight is 501 g/mol. The number of aliphatic carboxylic acids is 1. The number of anilines is 3. The molecule has 2 fully saturated rings. The third-order valence-corrected chi connectivity index (χ3v) is 7.21. The highest BCUT2D eigenvalue weighted by Gasteiger charge is 2.46. The first-order chi connectivity index (χ1) is 17.2. The Kier molecular flexibility index (Phi) is 7.78. The molecule has 7 nitrogen and oxygen atoms in total.